The molecule has 0 saturated heterocycles. The third-order valence-corrected chi connectivity index (χ3v) is 4.15. The molecular formula is C16H23FN4. The van der Waals surface area contributed by atoms with Crippen LogP contribution < -0.4 is 11.3 Å². The highest BCUT2D eigenvalue weighted by Crippen LogP contribution is 2.24. The normalized spacial score (nSPS) is 12.7. The number of hydrazine groups is 1. The fraction of sp³-hybridized carbons (Fsp3) is 0.438. The van der Waals surface area contributed by atoms with E-state index in [2.05, 4.69) is 17.4 Å². The number of halogens is 1. The van der Waals surface area contributed by atoms with E-state index in [9.17, 15) is 4.39 Å². The summed E-state index contributed by atoms with van der Waals surface area (Å²) in [6.45, 7) is 6.00. The topological polar surface area (TPSA) is 55.9 Å². The Labute approximate surface area is 125 Å². The monoisotopic (exact) mass is 290 g/mol. The lowest BCUT2D eigenvalue weighted by Crippen LogP contribution is -2.29. The van der Waals surface area contributed by atoms with Crippen molar-refractivity contribution >= 4 is 0 Å². The molecule has 0 fully saturated rings. The van der Waals surface area contributed by atoms with Gasteiger partial charge in [-0.3, -0.25) is 16.0 Å². The van der Waals surface area contributed by atoms with Gasteiger partial charge in [-0.1, -0.05) is 6.07 Å². The molecule has 4 nitrogen and oxygen atoms in total. The summed E-state index contributed by atoms with van der Waals surface area (Å²) in [5.41, 5.74) is 8.30. The molecule has 2 aromatic rings. The fourth-order valence-corrected chi connectivity index (χ4v) is 2.83. The Balaban J connectivity index is 2.16. The Kier molecular flexibility index (Phi) is 4.75. The van der Waals surface area contributed by atoms with E-state index in [4.69, 9.17) is 5.84 Å². The van der Waals surface area contributed by atoms with Gasteiger partial charge in [-0.25, -0.2) is 4.39 Å². The summed E-state index contributed by atoms with van der Waals surface area (Å²) in [7, 11) is 1.95. The van der Waals surface area contributed by atoms with Crippen LogP contribution >= 0.6 is 0 Å². The average molecular weight is 290 g/mol. The van der Waals surface area contributed by atoms with Crippen LogP contribution in [0.3, 0.4) is 0 Å². The van der Waals surface area contributed by atoms with Crippen LogP contribution in [0.2, 0.25) is 0 Å². The van der Waals surface area contributed by atoms with Crippen LogP contribution in [0.25, 0.3) is 0 Å². The van der Waals surface area contributed by atoms with Crippen LogP contribution in [0.15, 0.2) is 18.2 Å². The highest BCUT2D eigenvalue weighted by atomic mass is 19.1. The maximum atomic E-state index is 13.2. The van der Waals surface area contributed by atoms with Gasteiger partial charge in [0.05, 0.1) is 5.69 Å². The summed E-state index contributed by atoms with van der Waals surface area (Å²) in [4.78, 5) is 0. The second-order valence-electron chi connectivity index (χ2n) is 5.53. The Morgan fingerprint density at radius 3 is 2.57 bits per heavy atom. The number of nitrogens with one attached hydrogen (secondary N) is 1. The molecule has 114 valence electrons. The molecular weight excluding hydrogens is 267 g/mol. The van der Waals surface area contributed by atoms with E-state index in [1.54, 1.807) is 12.1 Å². The molecule has 1 unspecified atom stereocenters. The minimum atomic E-state index is -0.217. The molecule has 0 aliphatic heterocycles. The standard InChI is InChI=1S/C16H23FN4/c1-10-9-13(17)5-6-14(10)16(19-18)8-7-15-11(2)20-21(4)12(15)3/h5-6,9,16,19H,7-8,18H2,1-4H3. The van der Waals surface area contributed by atoms with Gasteiger partial charge in [-0.2, -0.15) is 5.10 Å². The van der Waals surface area contributed by atoms with Gasteiger partial charge in [0, 0.05) is 18.8 Å². The summed E-state index contributed by atoms with van der Waals surface area (Å²) in [5.74, 6) is 5.48. The first-order chi connectivity index (χ1) is 9.93. The molecule has 0 saturated carbocycles. The first-order valence-corrected chi connectivity index (χ1v) is 7.15. The molecule has 21 heavy (non-hydrogen) atoms. The Hall–Kier alpha value is -1.72. The second kappa shape index (κ2) is 6.37. The van der Waals surface area contributed by atoms with Gasteiger partial charge in [-0.15, -0.1) is 0 Å². The molecule has 0 amide bonds. The molecule has 0 aliphatic rings. The summed E-state index contributed by atoms with van der Waals surface area (Å²) < 4.78 is 15.1. The van der Waals surface area contributed by atoms with Crippen LogP contribution in [0.4, 0.5) is 4.39 Å². The van der Waals surface area contributed by atoms with E-state index < -0.39 is 0 Å². The first kappa shape index (κ1) is 15.7. The minimum absolute atomic E-state index is 0.00426. The van der Waals surface area contributed by atoms with Crippen LogP contribution in [0.5, 0.6) is 0 Å². The van der Waals surface area contributed by atoms with Crippen molar-refractivity contribution < 1.29 is 4.39 Å². The van der Waals surface area contributed by atoms with Gasteiger partial charge in [-0.05, 0) is 62.4 Å². The molecule has 0 aliphatic carbocycles. The van der Waals surface area contributed by atoms with Crippen molar-refractivity contribution in [3.05, 3.63) is 52.1 Å². The second-order valence-corrected chi connectivity index (χ2v) is 5.53. The maximum absolute atomic E-state index is 13.2. The number of rotatable bonds is 5. The van der Waals surface area contributed by atoms with Gasteiger partial charge in [0.1, 0.15) is 5.82 Å². The zero-order valence-corrected chi connectivity index (χ0v) is 13.1. The van der Waals surface area contributed by atoms with Crippen molar-refractivity contribution in [1.29, 1.82) is 0 Å². The number of hydrogen-bond acceptors (Lipinski definition) is 3. The van der Waals surface area contributed by atoms with Gasteiger partial charge < -0.3 is 0 Å². The van der Waals surface area contributed by atoms with E-state index >= 15 is 0 Å². The molecule has 1 heterocycles. The number of benzene rings is 1. The molecule has 0 spiro atoms. The van der Waals surface area contributed by atoms with E-state index in [-0.39, 0.29) is 11.9 Å². The predicted molar refractivity (Wildman–Crippen MR) is 82.2 cm³/mol. The van der Waals surface area contributed by atoms with Gasteiger partial charge >= 0.3 is 0 Å². The minimum Gasteiger partial charge on any atom is -0.272 e. The van der Waals surface area contributed by atoms with Gasteiger partial charge in [0.15, 0.2) is 0 Å². The molecule has 1 aromatic carbocycles. The van der Waals surface area contributed by atoms with E-state index in [1.807, 2.05) is 25.6 Å². The first-order valence-electron chi connectivity index (χ1n) is 7.15. The van der Waals surface area contributed by atoms with Crippen molar-refractivity contribution in [3.8, 4) is 0 Å². The molecule has 0 bridgehead atoms. The maximum Gasteiger partial charge on any atom is 0.123 e. The molecule has 2 rings (SSSR count). The predicted octanol–water partition coefficient (Wildman–Crippen LogP) is 2.62. The Morgan fingerprint density at radius 1 is 1.33 bits per heavy atom. The molecule has 3 N–H and O–H groups in total. The summed E-state index contributed by atoms with van der Waals surface area (Å²) in [5, 5.41) is 4.43. The van der Waals surface area contributed by atoms with E-state index in [1.165, 1.54) is 17.3 Å². The number of hydrogen-bond donors (Lipinski definition) is 2. The van der Waals surface area contributed by atoms with Crippen molar-refractivity contribution in [1.82, 2.24) is 15.2 Å². The van der Waals surface area contributed by atoms with E-state index in [0.29, 0.717) is 0 Å². The Bertz CT molecular complexity index is 633. The molecule has 1 aromatic heterocycles. The van der Waals surface area contributed by atoms with Crippen molar-refractivity contribution in [3.63, 3.8) is 0 Å². The summed E-state index contributed by atoms with van der Waals surface area (Å²) >= 11 is 0. The quantitative estimate of drug-likeness (QED) is 0.657. The lowest BCUT2D eigenvalue weighted by atomic mass is 9.95. The lowest BCUT2D eigenvalue weighted by Gasteiger charge is -2.18. The summed E-state index contributed by atoms with van der Waals surface area (Å²) in [6, 6.07) is 4.83. The zero-order chi connectivity index (χ0) is 15.6. The third-order valence-electron chi connectivity index (χ3n) is 4.15. The van der Waals surface area contributed by atoms with Crippen LogP contribution in [-0.2, 0) is 13.5 Å². The van der Waals surface area contributed by atoms with Crippen LogP contribution in [0.1, 0.15) is 40.5 Å². The third kappa shape index (κ3) is 3.31. The zero-order valence-electron chi connectivity index (χ0n) is 13.1. The fourth-order valence-electron chi connectivity index (χ4n) is 2.83. The number of nitrogens with zero attached hydrogens (tertiary/aromatic N) is 2. The highest BCUT2D eigenvalue weighted by molar-refractivity contribution is 5.30. The van der Waals surface area contributed by atoms with E-state index in [0.717, 1.165) is 29.7 Å². The number of aryl methyl sites for hydroxylation is 3. The van der Waals surface area contributed by atoms with Crippen LogP contribution in [0, 0.1) is 26.6 Å². The largest absolute Gasteiger partial charge is 0.272 e. The Morgan fingerprint density at radius 2 is 2.05 bits per heavy atom. The summed E-state index contributed by atoms with van der Waals surface area (Å²) in [6.07, 6.45) is 1.73. The smallest absolute Gasteiger partial charge is 0.123 e. The highest BCUT2D eigenvalue weighted by Gasteiger charge is 2.16. The van der Waals surface area contributed by atoms with Crippen molar-refractivity contribution in [2.75, 3.05) is 0 Å². The average Bonchev–Trinajstić information content (AvgIpc) is 2.67. The lowest BCUT2D eigenvalue weighted by molar-refractivity contribution is 0.511. The van der Waals surface area contributed by atoms with Gasteiger partial charge in [0.2, 0.25) is 0 Å². The van der Waals surface area contributed by atoms with Gasteiger partial charge in [0.25, 0.3) is 0 Å². The SMILES string of the molecule is Cc1cc(F)ccc1C(CCc1c(C)nn(C)c1C)NN. The molecule has 1 atom stereocenters. The molecule has 0 radical (unpaired) electrons. The van der Waals surface area contributed by atoms with Crippen LogP contribution in [-0.4, -0.2) is 9.78 Å². The molecule has 5 heteroatoms. The number of nitrogens with two attached hydrogens (primary N) is 1. The van der Waals surface area contributed by atoms with Crippen molar-refractivity contribution in [2.24, 2.45) is 12.9 Å². The number of aromatic nitrogens is 2. The van der Waals surface area contributed by atoms with Crippen molar-refractivity contribution in [2.45, 2.75) is 39.7 Å².